The van der Waals surface area contributed by atoms with E-state index in [2.05, 4.69) is 15.2 Å². The Kier molecular flexibility index (Phi) is 5.37. The minimum Gasteiger partial charge on any atom is -0.486 e. The molecule has 0 N–H and O–H groups in total. The highest BCUT2D eigenvalue weighted by atomic mass is 19.1. The summed E-state index contributed by atoms with van der Waals surface area (Å²) >= 11 is 0. The molecule has 162 valence electrons. The molecule has 0 saturated carbocycles. The number of nitrogens with zero attached hydrogens (tertiary/aromatic N) is 5. The molecule has 0 spiro atoms. The van der Waals surface area contributed by atoms with E-state index in [0.29, 0.717) is 18.1 Å². The molecular formula is C23H20FN5O3. The van der Waals surface area contributed by atoms with E-state index in [4.69, 9.17) is 9.26 Å². The molecule has 1 aliphatic heterocycles. The van der Waals surface area contributed by atoms with Crippen molar-refractivity contribution in [2.45, 2.75) is 25.5 Å². The third-order valence-electron chi connectivity index (χ3n) is 5.45. The molecule has 1 saturated heterocycles. The van der Waals surface area contributed by atoms with E-state index >= 15 is 0 Å². The van der Waals surface area contributed by atoms with Crippen LogP contribution in [0, 0.1) is 5.82 Å². The molecule has 0 radical (unpaired) electrons. The van der Waals surface area contributed by atoms with Gasteiger partial charge in [0.05, 0.1) is 11.7 Å². The number of hydrogen-bond donors (Lipinski definition) is 0. The van der Waals surface area contributed by atoms with Gasteiger partial charge in [-0.05, 0) is 54.8 Å². The molecule has 0 aliphatic carbocycles. The Morgan fingerprint density at radius 3 is 2.72 bits per heavy atom. The SMILES string of the molecule is O=C(c1cc(COc2ccc(-n3cncn3)cc2)on1)N1CCC[C@@H]1c1ccc(F)cc1. The monoisotopic (exact) mass is 433 g/mol. The van der Waals surface area contributed by atoms with Gasteiger partial charge in [0, 0.05) is 12.6 Å². The van der Waals surface area contributed by atoms with Gasteiger partial charge >= 0.3 is 0 Å². The number of carbonyl (C=O) groups excluding carboxylic acids is 1. The van der Waals surface area contributed by atoms with Crippen LogP contribution < -0.4 is 4.74 Å². The van der Waals surface area contributed by atoms with Crippen molar-refractivity contribution >= 4 is 5.91 Å². The zero-order valence-electron chi connectivity index (χ0n) is 17.1. The van der Waals surface area contributed by atoms with Gasteiger partial charge in [-0.25, -0.2) is 14.1 Å². The number of aromatic nitrogens is 4. The van der Waals surface area contributed by atoms with Crippen LogP contribution in [0.25, 0.3) is 5.69 Å². The molecular weight excluding hydrogens is 413 g/mol. The number of hydrogen-bond acceptors (Lipinski definition) is 6. The van der Waals surface area contributed by atoms with Crippen LogP contribution in [0.1, 0.15) is 40.7 Å². The van der Waals surface area contributed by atoms with E-state index < -0.39 is 0 Å². The summed E-state index contributed by atoms with van der Waals surface area (Å²) in [6, 6.07) is 15.2. The second kappa shape index (κ2) is 8.62. The Morgan fingerprint density at radius 1 is 1.16 bits per heavy atom. The third-order valence-corrected chi connectivity index (χ3v) is 5.45. The van der Waals surface area contributed by atoms with Gasteiger partial charge in [0.25, 0.3) is 5.91 Å². The van der Waals surface area contributed by atoms with E-state index in [9.17, 15) is 9.18 Å². The van der Waals surface area contributed by atoms with Crippen molar-refractivity contribution in [3.8, 4) is 11.4 Å². The second-order valence-electron chi connectivity index (χ2n) is 7.51. The first-order chi connectivity index (χ1) is 15.7. The lowest BCUT2D eigenvalue weighted by atomic mass is 10.0. The number of carbonyl (C=O) groups is 1. The lowest BCUT2D eigenvalue weighted by molar-refractivity contribution is 0.0725. The molecule has 5 rings (SSSR count). The molecule has 1 aliphatic rings. The Hall–Kier alpha value is -4.01. The van der Waals surface area contributed by atoms with Crippen LogP contribution in [0.3, 0.4) is 0 Å². The number of ether oxygens (including phenoxy) is 1. The highest BCUT2D eigenvalue weighted by molar-refractivity contribution is 5.92. The van der Waals surface area contributed by atoms with E-state index in [1.54, 1.807) is 34.1 Å². The van der Waals surface area contributed by atoms with Gasteiger partial charge in [-0.3, -0.25) is 4.79 Å². The van der Waals surface area contributed by atoms with E-state index in [0.717, 1.165) is 24.1 Å². The normalized spacial score (nSPS) is 15.8. The molecule has 0 unspecified atom stereocenters. The summed E-state index contributed by atoms with van der Waals surface area (Å²) in [6.07, 6.45) is 4.79. The molecule has 9 heteroatoms. The molecule has 1 fully saturated rings. The molecule has 4 aromatic rings. The molecule has 32 heavy (non-hydrogen) atoms. The van der Waals surface area contributed by atoms with E-state index in [-0.39, 0.29) is 30.1 Å². The lowest BCUT2D eigenvalue weighted by Gasteiger charge is -2.24. The molecule has 2 aromatic heterocycles. The summed E-state index contributed by atoms with van der Waals surface area (Å²) in [6.45, 7) is 0.766. The van der Waals surface area contributed by atoms with Crippen LogP contribution in [0.2, 0.25) is 0 Å². The quantitative estimate of drug-likeness (QED) is 0.458. The molecule has 2 aromatic carbocycles. The molecule has 3 heterocycles. The maximum atomic E-state index is 13.3. The van der Waals surface area contributed by atoms with Gasteiger partial charge in [-0.1, -0.05) is 17.3 Å². The Morgan fingerprint density at radius 2 is 1.97 bits per heavy atom. The van der Waals surface area contributed by atoms with Crippen molar-refractivity contribution in [2.24, 2.45) is 0 Å². The van der Waals surface area contributed by atoms with Gasteiger partial charge in [0.1, 0.15) is 30.8 Å². The minimum absolute atomic E-state index is 0.0944. The summed E-state index contributed by atoms with van der Waals surface area (Å²) in [7, 11) is 0. The average Bonchev–Trinajstić information content (AvgIpc) is 3.60. The largest absolute Gasteiger partial charge is 0.486 e. The zero-order valence-corrected chi connectivity index (χ0v) is 17.1. The van der Waals surface area contributed by atoms with Crippen LogP contribution >= 0.6 is 0 Å². The minimum atomic E-state index is -0.293. The molecule has 8 nitrogen and oxygen atoms in total. The predicted molar refractivity (Wildman–Crippen MR) is 112 cm³/mol. The van der Waals surface area contributed by atoms with Crippen LogP contribution in [0.4, 0.5) is 4.39 Å². The van der Waals surface area contributed by atoms with E-state index in [1.165, 1.54) is 18.5 Å². The summed E-state index contributed by atoms with van der Waals surface area (Å²) < 4.78 is 26.0. The molecule has 1 amide bonds. The zero-order chi connectivity index (χ0) is 21.9. The van der Waals surface area contributed by atoms with Crippen molar-refractivity contribution in [3.63, 3.8) is 0 Å². The maximum Gasteiger partial charge on any atom is 0.276 e. The number of rotatable bonds is 6. The van der Waals surface area contributed by atoms with Crippen LogP contribution in [0.15, 0.2) is 71.8 Å². The fraction of sp³-hybridized carbons (Fsp3) is 0.217. The first kappa shape index (κ1) is 19.9. The Labute approximate surface area is 183 Å². The van der Waals surface area contributed by atoms with Gasteiger partial charge < -0.3 is 14.2 Å². The maximum absolute atomic E-state index is 13.3. The van der Waals surface area contributed by atoms with Crippen molar-refractivity contribution in [3.05, 3.63) is 90.1 Å². The number of halogens is 1. The fourth-order valence-corrected chi connectivity index (χ4v) is 3.86. The smallest absolute Gasteiger partial charge is 0.276 e. The predicted octanol–water partition coefficient (Wildman–Crippen LogP) is 3.95. The van der Waals surface area contributed by atoms with Crippen molar-refractivity contribution in [1.29, 1.82) is 0 Å². The van der Waals surface area contributed by atoms with Crippen molar-refractivity contribution in [1.82, 2.24) is 24.8 Å². The summed E-state index contributed by atoms with van der Waals surface area (Å²) in [4.78, 5) is 18.7. The van der Waals surface area contributed by atoms with Gasteiger partial charge in [0.2, 0.25) is 0 Å². The first-order valence-electron chi connectivity index (χ1n) is 10.3. The number of benzene rings is 2. The summed E-state index contributed by atoms with van der Waals surface area (Å²) in [5.41, 5.74) is 2.02. The summed E-state index contributed by atoms with van der Waals surface area (Å²) in [5.74, 6) is 0.600. The lowest BCUT2D eigenvalue weighted by Crippen LogP contribution is -2.30. The Balaban J connectivity index is 1.22. The number of amides is 1. The average molecular weight is 433 g/mol. The summed E-state index contributed by atoms with van der Waals surface area (Å²) in [5, 5.41) is 8.02. The standard InChI is InChI=1S/C23H20FN5O3/c24-17-5-3-16(4-6-17)22-2-1-11-28(22)23(30)21-12-20(32-27-21)13-31-19-9-7-18(8-10-19)29-15-25-14-26-29/h3-10,12,14-15,22H,1-2,11,13H2/t22-/m1/s1. The topological polar surface area (TPSA) is 86.3 Å². The van der Waals surface area contributed by atoms with Crippen molar-refractivity contribution in [2.75, 3.05) is 6.54 Å². The van der Waals surface area contributed by atoms with Crippen molar-refractivity contribution < 1.29 is 18.4 Å². The second-order valence-corrected chi connectivity index (χ2v) is 7.51. The van der Waals surface area contributed by atoms with Gasteiger partial charge in [-0.15, -0.1) is 0 Å². The molecule has 1 atom stereocenters. The highest BCUT2D eigenvalue weighted by Gasteiger charge is 2.32. The van der Waals surface area contributed by atoms with Crippen LogP contribution in [0.5, 0.6) is 5.75 Å². The first-order valence-corrected chi connectivity index (χ1v) is 10.3. The fourth-order valence-electron chi connectivity index (χ4n) is 3.86. The van der Waals surface area contributed by atoms with E-state index in [1.807, 2.05) is 24.3 Å². The third kappa shape index (κ3) is 4.09. The van der Waals surface area contributed by atoms with Crippen LogP contribution in [-0.2, 0) is 6.61 Å². The number of likely N-dealkylation sites (tertiary alicyclic amines) is 1. The Bertz CT molecular complexity index is 1190. The van der Waals surface area contributed by atoms with Gasteiger partial charge in [0.15, 0.2) is 11.5 Å². The van der Waals surface area contributed by atoms with Gasteiger partial charge in [-0.2, -0.15) is 5.10 Å². The highest BCUT2D eigenvalue weighted by Crippen LogP contribution is 2.33. The molecule has 0 bridgehead atoms. The van der Waals surface area contributed by atoms with Crippen LogP contribution in [-0.4, -0.2) is 37.3 Å².